The molecule has 2 N–H and O–H groups in total. The van der Waals surface area contributed by atoms with Crippen molar-refractivity contribution in [3.63, 3.8) is 0 Å². The molecule has 0 atom stereocenters. The second kappa shape index (κ2) is 3.79. The van der Waals surface area contributed by atoms with Crippen LogP contribution in [0.3, 0.4) is 0 Å². The Labute approximate surface area is 89.0 Å². The lowest BCUT2D eigenvalue weighted by atomic mass is 10.4. The molecule has 1 fully saturated rings. The topological polar surface area (TPSA) is 76.3 Å². The zero-order chi connectivity index (χ0) is 10.9. The molecule has 1 aromatic heterocycles. The number of rotatable bonds is 2. The van der Waals surface area contributed by atoms with E-state index in [1.807, 2.05) is 0 Å². The number of nitrogen functional groups attached to an aromatic ring is 1. The molecule has 0 saturated carbocycles. The van der Waals surface area contributed by atoms with Crippen LogP contribution in [0.1, 0.15) is 12.8 Å². The lowest BCUT2D eigenvalue weighted by Crippen LogP contribution is -2.28. The first-order valence-electron chi connectivity index (χ1n) is 4.82. The fourth-order valence-corrected chi connectivity index (χ4v) is 3.03. The minimum atomic E-state index is -3.39. The Balaban J connectivity index is 2.32. The number of nitrogens with two attached hydrogens (primary N) is 1. The van der Waals surface area contributed by atoms with Crippen molar-refractivity contribution in [2.24, 2.45) is 0 Å². The summed E-state index contributed by atoms with van der Waals surface area (Å²) in [7, 11) is -3.39. The second-order valence-corrected chi connectivity index (χ2v) is 5.43. The molecule has 1 aliphatic heterocycles. The van der Waals surface area contributed by atoms with Crippen LogP contribution >= 0.6 is 0 Å². The molecule has 82 valence electrons. The monoisotopic (exact) mass is 227 g/mol. The standard InChI is InChI=1S/C9H13N3O2S/c10-8-3-4-9(11-7-8)15(13,14)12-5-1-2-6-12/h3-4,7H,1-2,5-6,10H2. The van der Waals surface area contributed by atoms with E-state index in [1.165, 1.54) is 16.6 Å². The van der Waals surface area contributed by atoms with E-state index in [0.29, 0.717) is 18.8 Å². The highest BCUT2D eigenvalue weighted by Gasteiger charge is 2.27. The molecule has 1 aliphatic rings. The van der Waals surface area contributed by atoms with Gasteiger partial charge in [0.15, 0.2) is 5.03 Å². The van der Waals surface area contributed by atoms with E-state index >= 15 is 0 Å². The van der Waals surface area contributed by atoms with E-state index in [1.54, 1.807) is 6.07 Å². The molecule has 0 radical (unpaired) electrons. The van der Waals surface area contributed by atoms with Gasteiger partial charge in [-0.25, -0.2) is 13.4 Å². The van der Waals surface area contributed by atoms with Gasteiger partial charge in [0, 0.05) is 13.1 Å². The Kier molecular flexibility index (Phi) is 2.62. The fraction of sp³-hybridized carbons (Fsp3) is 0.444. The number of nitrogens with zero attached hydrogens (tertiary/aromatic N) is 2. The first kappa shape index (κ1) is 10.4. The molecule has 0 bridgehead atoms. The molecule has 5 nitrogen and oxygen atoms in total. The van der Waals surface area contributed by atoms with Gasteiger partial charge >= 0.3 is 0 Å². The number of anilines is 1. The van der Waals surface area contributed by atoms with Gasteiger partial charge in [0.05, 0.1) is 11.9 Å². The van der Waals surface area contributed by atoms with Gasteiger partial charge in [-0.15, -0.1) is 0 Å². The second-order valence-electron chi connectivity index (χ2n) is 3.54. The Bertz CT molecular complexity index is 435. The van der Waals surface area contributed by atoms with Crippen molar-refractivity contribution in [2.75, 3.05) is 18.8 Å². The van der Waals surface area contributed by atoms with Gasteiger partial charge in [0.25, 0.3) is 10.0 Å². The van der Waals surface area contributed by atoms with E-state index in [0.717, 1.165) is 12.8 Å². The Morgan fingerprint density at radius 3 is 2.47 bits per heavy atom. The lowest BCUT2D eigenvalue weighted by molar-refractivity contribution is 0.474. The SMILES string of the molecule is Nc1ccc(S(=O)(=O)N2CCCC2)nc1. The lowest BCUT2D eigenvalue weighted by Gasteiger charge is -2.14. The maximum absolute atomic E-state index is 12.0. The van der Waals surface area contributed by atoms with Crippen LogP contribution in [0.15, 0.2) is 23.4 Å². The van der Waals surface area contributed by atoms with E-state index in [-0.39, 0.29) is 5.03 Å². The molecule has 15 heavy (non-hydrogen) atoms. The number of pyridine rings is 1. The zero-order valence-corrected chi connectivity index (χ0v) is 9.07. The van der Waals surface area contributed by atoms with Crippen LogP contribution < -0.4 is 5.73 Å². The summed E-state index contributed by atoms with van der Waals surface area (Å²) in [4.78, 5) is 3.84. The molecule has 0 unspecified atom stereocenters. The average molecular weight is 227 g/mol. The summed E-state index contributed by atoms with van der Waals surface area (Å²) in [6.07, 6.45) is 3.21. The predicted octanol–water partition coefficient (Wildman–Crippen LogP) is 0.448. The average Bonchev–Trinajstić information content (AvgIpc) is 2.71. The first-order valence-corrected chi connectivity index (χ1v) is 6.26. The molecule has 1 aromatic rings. The Morgan fingerprint density at radius 2 is 1.93 bits per heavy atom. The minimum absolute atomic E-state index is 0.0820. The molecule has 2 rings (SSSR count). The summed E-state index contributed by atoms with van der Waals surface area (Å²) >= 11 is 0. The smallest absolute Gasteiger partial charge is 0.260 e. The normalized spacial score (nSPS) is 18.1. The third-order valence-electron chi connectivity index (χ3n) is 2.43. The van der Waals surface area contributed by atoms with Crippen molar-refractivity contribution in [2.45, 2.75) is 17.9 Å². The molecule has 6 heteroatoms. The van der Waals surface area contributed by atoms with Crippen LogP contribution in [-0.2, 0) is 10.0 Å². The maximum Gasteiger partial charge on any atom is 0.260 e. The fourth-order valence-electron chi connectivity index (χ4n) is 1.61. The number of sulfonamides is 1. The highest BCUT2D eigenvalue weighted by Crippen LogP contribution is 2.19. The van der Waals surface area contributed by atoms with Gasteiger partial charge in [-0.3, -0.25) is 0 Å². The third-order valence-corrected chi connectivity index (χ3v) is 4.24. The van der Waals surface area contributed by atoms with Crippen molar-refractivity contribution in [3.8, 4) is 0 Å². The highest BCUT2D eigenvalue weighted by molar-refractivity contribution is 7.89. The molecule has 0 spiro atoms. The third kappa shape index (κ3) is 1.95. The van der Waals surface area contributed by atoms with Gasteiger partial charge in [-0.05, 0) is 25.0 Å². The zero-order valence-electron chi connectivity index (χ0n) is 8.26. The Morgan fingerprint density at radius 1 is 1.27 bits per heavy atom. The van der Waals surface area contributed by atoms with Gasteiger partial charge in [-0.1, -0.05) is 0 Å². The van der Waals surface area contributed by atoms with Gasteiger partial charge in [-0.2, -0.15) is 4.31 Å². The Hall–Kier alpha value is -1.14. The minimum Gasteiger partial charge on any atom is -0.397 e. The van der Waals surface area contributed by atoms with Crippen LogP contribution in [0.5, 0.6) is 0 Å². The van der Waals surface area contributed by atoms with E-state index in [2.05, 4.69) is 4.98 Å². The molecule has 1 saturated heterocycles. The van der Waals surface area contributed by atoms with Crippen LogP contribution in [0.2, 0.25) is 0 Å². The van der Waals surface area contributed by atoms with Crippen LogP contribution in [-0.4, -0.2) is 30.8 Å². The van der Waals surface area contributed by atoms with Crippen molar-refractivity contribution in [1.29, 1.82) is 0 Å². The first-order chi connectivity index (χ1) is 7.10. The van der Waals surface area contributed by atoms with Crippen molar-refractivity contribution in [1.82, 2.24) is 9.29 Å². The summed E-state index contributed by atoms with van der Waals surface area (Å²) < 4.78 is 25.4. The largest absolute Gasteiger partial charge is 0.397 e. The van der Waals surface area contributed by atoms with Gasteiger partial charge < -0.3 is 5.73 Å². The summed E-state index contributed by atoms with van der Waals surface area (Å²) in [6.45, 7) is 1.18. The van der Waals surface area contributed by atoms with Crippen LogP contribution in [0.4, 0.5) is 5.69 Å². The summed E-state index contributed by atoms with van der Waals surface area (Å²) in [6, 6.07) is 3.00. The highest BCUT2D eigenvalue weighted by atomic mass is 32.2. The molecule has 0 aromatic carbocycles. The van der Waals surface area contributed by atoms with Crippen LogP contribution in [0.25, 0.3) is 0 Å². The quantitative estimate of drug-likeness (QED) is 0.795. The molecular formula is C9H13N3O2S. The van der Waals surface area contributed by atoms with E-state index in [9.17, 15) is 8.42 Å². The predicted molar refractivity (Wildman–Crippen MR) is 56.6 cm³/mol. The maximum atomic E-state index is 12.0. The van der Waals surface area contributed by atoms with E-state index in [4.69, 9.17) is 5.73 Å². The van der Waals surface area contributed by atoms with E-state index < -0.39 is 10.0 Å². The van der Waals surface area contributed by atoms with Crippen molar-refractivity contribution >= 4 is 15.7 Å². The summed E-state index contributed by atoms with van der Waals surface area (Å²) in [5.74, 6) is 0. The molecule has 0 aliphatic carbocycles. The molecular weight excluding hydrogens is 214 g/mol. The van der Waals surface area contributed by atoms with Crippen molar-refractivity contribution < 1.29 is 8.42 Å². The summed E-state index contributed by atoms with van der Waals surface area (Å²) in [5, 5.41) is 0.0820. The van der Waals surface area contributed by atoms with Gasteiger partial charge in [0.2, 0.25) is 0 Å². The number of hydrogen-bond acceptors (Lipinski definition) is 4. The van der Waals surface area contributed by atoms with Crippen molar-refractivity contribution in [3.05, 3.63) is 18.3 Å². The molecule has 0 amide bonds. The van der Waals surface area contributed by atoms with Crippen LogP contribution in [0, 0.1) is 0 Å². The molecule has 2 heterocycles. The number of hydrogen-bond donors (Lipinski definition) is 1. The van der Waals surface area contributed by atoms with Gasteiger partial charge in [0.1, 0.15) is 0 Å². The summed E-state index contributed by atoms with van der Waals surface area (Å²) in [5.41, 5.74) is 5.92. The number of aromatic nitrogens is 1.